The molecule has 1 saturated heterocycles. The molecular weight excluding hydrogens is 278 g/mol. The number of aromatic nitrogens is 1. The van der Waals surface area contributed by atoms with Crippen LogP contribution in [-0.2, 0) is 4.79 Å². The molecule has 2 aromatic rings. The van der Waals surface area contributed by atoms with Gasteiger partial charge in [0, 0.05) is 24.4 Å². The minimum absolute atomic E-state index is 0.482. The zero-order valence-corrected chi connectivity index (χ0v) is 13.0. The number of carboxylic acids is 1. The SMILES string of the molecule is CNc1c(C)nc(N2CCCCC2C(=O)O)c2ccccc12. The summed E-state index contributed by atoms with van der Waals surface area (Å²) in [6.45, 7) is 2.70. The predicted octanol–water partition coefficient (Wildman–Crippen LogP) is 3.03. The van der Waals surface area contributed by atoms with Crippen molar-refractivity contribution in [1.29, 1.82) is 0 Å². The van der Waals surface area contributed by atoms with E-state index in [2.05, 4.69) is 11.4 Å². The van der Waals surface area contributed by atoms with E-state index in [1.165, 1.54) is 0 Å². The zero-order chi connectivity index (χ0) is 15.7. The smallest absolute Gasteiger partial charge is 0.326 e. The highest BCUT2D eigenvalue weighted by atomic mass is 16.4. The van der Waals surface area contributed by atoms with E-state index in [0.29, 0.717) is 6.42 Å². The number of nitrogens with zero attached hydrogens (tertiary/aromatic N) is 2. The van der Waals surface area contributed by atoms with Crippen LogP contribution in [0.3, 0.4) is 0 Å². The summed E-state index contributed by atoms with van der Waals surface area (Å²) < 4.78 is 0. The van der Waals surface area contributed by atoms with Crippen LogP contribution in [0.5, 0.6) is 0 Å². The van der Waals surface area contributed by atoms with Gasteiger partial charge in [0.1, 0.15) is 11.9 Å². The van der Waals surface area contributed by atoms with Gasteiger partial charge in [0.2, 0.25) is 0 Å². The first kappa shape index (κ1) is 14.6. The third kappa shape index (κ3) is 2.36. The van der Waals surface area contributed by atoms with Crippen molar-refractivity contribution in [3.05, 3.63) is 30.0 Å². The Labute approximate surface area is 130 Å². The Kier molecular flexibility index (Phi) is 3.88. The van der Waals surface area contributed by atoms with E-state index in [0.717, 1.165) is 47.4 Å². The number of aliphatic carboxylic acids is 1. The molecule has 5 heteroatoms. The largest absolute Gasteiger partial charge is 0.480 e. The average Bonchev–Trinajstić information content (AvgIpc) is 2.54. The molecule has 5 nitrogen and oxygen atoms in total. The normalized spacial score (nSPS) is 18.5. The van der Waals surface area contributed by atoms with Crippen LogP contribution in [-0.4, -0.2) is 35.7 Å². The summed E-state index contributed by atoms with van der Waals surface area (Å²) in [5, 5.41) is 14.8. The minimum atomic E-state index is -0.763. The fourth-order valence-electron chi connectivity index (χ4n) is 3.34. The Morgan fingerprint density at radius 1 is 1.32 bits per heavy atom. The number of hydrogen-bond acceptors (Lipinski definition) is 4. The summed E-state index contributed by atoms with van der Waals surface area (Å²) in [4.78, 5) is 18.3. The predicted molar refractivity (Wildman–Crippen MR) is 88.6 cm³/mol. The molecule has 0 radical (unpaired) electrons. The van der Waals surface area contributed by atoms with Crippen LogP contribution in [0.4, 0.5) is 11.5 Å². The van der Waals surface area contributed by atoms with Crippen LogP contribution in [0.25, 0.3) is 10.8 Å². The molecule has 22 heavy (non-hydrogen) atoms. The van der Waals surface area contributed by atoms with E-state index in [-0.39, 0.29) is 0 Å². The third-order valence-electron chi connectivity index (χ3n) is 4.38. The summed E-state index contributed by atoms with van der Waals surface area (Å²) in [7, 11) is 1.89. The van der Waals surface area contributed by atoms with Gasteiger partial charge in [-0.05, 0) is 26.2 Å². The number of fused-ring (bicyclic) bond motifs is 1. The molecule has 1 atom stereocenters. The molecule has 0 bridgehead atoms. The van der Waals surface area contributed by atoms with E-state index in [4.69, 9.17) is 4.98 Å². The van der Waals surface area contributed by atoms with Crippen LogP contribution in [0, 0.1) is 6.92 Å². The van der Waals surface area contributed by atoms with Crippen molar-refractivity contribution in [2.24, 2.45) is 0 Å². The number of carboxylic acid groups (broad SMARTS) is 1. The maximum absolute atomic E-state index is 11.6. The van der Waals surface area contributed by atoms with E-state index in [1.807, 2.05) is 37.1 Å². The lowest BCUT2D eigenvalue weighted by molar-refractivity contribution is -0.139. The van der Waals surface area contributed by atoms with Crippen molar-refractivity contribution in [2.75, 3.05) is 23.8 Å². The molecule has 2 N–H and O–H groups in total. The molecule has 0 spiro atoms. The molecule has 1 aliphatic heterocycles. The molecule has 1 aromatic heterocycles. The van der Waals surface area contributed by atoms with Gasteiger partial charge in [0.05, 0.1) is 11.4 Å². The Bertz CT molecular complexity index is 714. The van der Waals surface area contributed by atoms with Crippen LogP contribution >= 0.6 is 0 Å². The van der Waals surface area contributed by atoms with Gasteiger partial charge in [-0.1, -0.05) is 24.3 Å². The Hall–Kier alpha value is -2.30. The van der Waals surface area contributed by atoms with Crippen LogP contribution in [0.15, 0.2) is 24.3 Å². The number of benzene rings is 1. The second-order valence-electron chi connectivity index (χ2n) is 5.73. The number of aryl methyl sites for hydroxylation is 1. The second-order valence-corrected chi connectivity index (χ2v) is 5.73. The van der Waals surface area contributed by atoms with E-state index >= 15 is 0 Å². The molecule has 0 aliphatic carbocycles. The fraction of sp³-hybridized carbons (Fsp3) is 0.412. The van der Waals surface area contributed by atoms with Gasteiger partial charge in [0.25, 0.3) is 0 Å². The number of hydrogen-bond donors (Lipinski definition) is 2. The molecule has 0 amide bonds. The topological polar surface area (TPSA) is 65.5 Å². The van der Waals surface area contributed by atoms with Crippen LogP contribution in [0.2, 0.25) is 0 Å². The lowest BCUT2D eigenvalue weighted by Gasteiger charge is -2.35. The van der Waals surface area contributed by atoms with Gasteiger partial charge >= 0.3 is 5.97 Å². The third-order valence-corrected chi connectivity index (χ3v) is 4.38. The molecule has 1 aliphatic rings. The van der Waals surface area contributed by atoms with E-state index in [9.17, 15) is 9.90 Å². The summed E-state index contributed by atoms with van der Waals surface area (Å²) in [6.07, 6.45) is 2.64. The Morgan fingerprint density at radius 2 is 2.05 bits per heavy atom. The number of pyridine rings is 1. The highest BCUT2D eigenvalue weighted by Gasteiger charge is 2.30. The molecule has 116 valence electrons. The number of piperidine rings is 1. The lowest BCUT2D eigenvalue weighted by Crippen LogP contribution is -2.45. The molecule has 1 fully saturated rings. The van der Waals surface area contributed by atoms with Gasteiger partial charge in [-0.3, -0.25) is 0 Å². The van der Waals surface area contributed by atoms with Gasteiger partial charge in [-0.15, -0.1) is 0 Å². The highest BCUT2D eigenvalue weighted by molar-refractivity contribution is 6.02. The van der Waals surface area contributed by atoms with Crippen molar-refractivity contribution in [2.45, 2.75) is 32.2 Å². The van der Waals surface area contributed by atoms with Gasteiger partial charge in [0.15, 0.2) is 0 Å². The minimum Gasteiger partial charge on any atom is -0.480 e. The molecule has 1 aromatic carbocycles. The molecule has 2 heterocycles. The number of nitrogens with one attached hydrogen (secondary N) is 1. The molecular formula is C17H21N3O2. The summed E-state index contributed by atoms with van der Waals surface area (Å²) >= 11 is 0. The number of rotatable bonds is 3. The quantitative estimate of drug-likeness (QED) is 0.912. The van der Waals surface area contributed by atoms with Gasteiger partial charge in [-0.2, -0.15) is 0 Å². The maximum atomic E-state index is 11.6. The van der Waals surface area contributed by atoms with Crippen LogP contribution < -0.4 is 10.2 Å². The summed E-state index contributed by atoms with van der Waals surface area (Å²) in [6, 6.07) is 7.56. The first-order valence-electron chi connectivity index (χ1n) is 7.70. The average molecular weight is 299 g/mol. The van der Waals surface area contributed by atoms with E-state index in [1.54, 1.807) is 0 Å². The first-order valence-corrected chi connectivity index (χ1v) is 7.70. The van der Waals surface area contributed by atoms with Gasteiger partial charge < -0.3 is 15.3 Å². The highest BCUT2D eigenvalue weighted by Crippen LogP contribution is 2.35. The van der Waals surface area contributed by atoms with E-state index < -0.39 is 12.0 Å². The summed E-state index contributed by atoms with van der Waals surface area (Å²) in [5.74, 6) is 0.0279. The Balaban J connectivity index is 2.20. The molecule has 1 unspecified atom stereocenters. The zero-order valence-electron chi connectivity index (χ0n) is 13.0. The van der Waals surface area contributed by atoms with Crippen LogP contribution in [0.1, 0.15) is 25.0 Å². The first-order chi connectivity index (χ1) is 10.6. The number of carbonyl (C=O) groups is 1. The molecule has 0 saturated carbocycles. The van der Waals surface area contributed by atoms with Gasteiger partial charge in [-0.25, -0.2) is 9.78 Å². The second kappa shape index (κ2) is 5.83. The van der Waals surface area contributed by atoms with Crippen molar-refractivity contribution in [1.82, 2.24) is 4.98 Å². The Morgan fingerprint density at radius 3 is 2.73 bits per heavy atom. The monoisotopic (exact) mass is 299 g/mol. The van der Waals surface area contributed by atoms with Crippen molar-refractivity contribution in [3.8, 4) is 0 Å². The standard InChI is InChI=1S/C17H21N3O2/c1-11-15(18-2)12-7-3-4-8-13(12)16(19-11)20-10-6-5-9-14(20)17(21)22/h3-4,7-8,14,18H,5-6,9-10H2,1-2H3,(H,21,22). The summed E-state index contributed by atoms with van der Waals surface area (Å²) in [5.41, 5.74) is 1.90. The van der Waals surface area contributed by atoms with Crippen molar-refractivity contribution < 1.29 is 9.90 Å². The van der Waals surface area contributed by atoms with Crippen molar-refractivity contribution in [3.63, 3.8) is 0 Å². The fourth-order valence-corrected chi connectivity index (χ4v) is 3.34. The maximum Gasteiger partial charge on any atom is 0.326 e. The molecule has 3 rings (SSSR count). The van der Waals surface area contributed by atoms with Crippen molar-refractivity contribution >= 4 is 28.2 Å². The lowest BCUT2D eigenvalue weighted by atomic mass is 10.0. The number of anilines is 2.